The van der Waals surface area contributed by atoms with Crippen LogP contribution in [0.3, 0.4) is 0 Å². The predicted octanol–water partition coefficient (Wildman–Crippen LogP) is 2.99. The average Bonchev–Trinajstić information content (AvgIpc) is 2.42. The van der Waals surface area contributed by atoms with Crippen LogP contribution < -0.4 is 10.6 Å². The monoisotopic (exact) mass is 255 g/mol. The molecule has 0 aliphatic carbocycles. The SMILES string of the molecule is CNc1cnccc1C(=O)Nc1cc(C)ccc1C. The van der Waals surface area contributed by atoms with Crippen LogP contribution >= 0.6 is 0 Å². The Hall–Kier alpha value is -2.36. The fraction of sp³-hybridized carbons (Fsp3) is 0.200. The van der Waals surface area contributed by atoms with Crippen LogP contribution in [0.4, 0.5) is 11.4 Å². The number of pyridine rings is 1. The number of rotatable bonds is 3. The van der Waals surface area contributed by atoms with E-state index in [1.54, 1.807) is 25.5 Å². The Morgan fingerprint density at radius 1 is 1.16 bits per heavy atom. The third kappa shape index (κ3) is 2.91. The Bertz CT molecular complexity index is 608. The molecule has 0 aliphatic rings. The Morgan fingerprint density at radius 3 is 2.68 bits per heavy atom. The molecule has 1 aromatic carbocycles. The number of nitrogens with zero attached hydrogens (tertiary/aromatic N) is 1. The first-order valence-corrected chi connectivity index (χ1v) is 6.12. The molecule has 0 aliphatic heterocycles. The molecule has 4 nitrogen and oxygen atoms in total. The normalized spacial score (nSPS) is 10.1. The maximum Gasteiger partial charge on any atom is 0.257 e. The first-order valence-electron chi connectivity index (χ1n) is 6.12. The summed E-state index contributed by atoms with van der Waals surface area (Å²) >= 11 is 0. The van der Waals surface area contributed by atoms with Crippen molar-refractivity contribution in [3.8, 4) is 0 Å². The highest BCUT2D eigenvalue weighted by Crippen LogP contribution is 2.19. The van der Waals surface area contributed by atoms with Gasteiger partial charge in [0.05, 0.1) is 17.4 Å². The molecule has 1 heterocycles. The molecule has 0 unspecified atom stereocenters. The zero-order valence-corrected chi connectivity index (χ0v) is 11.3. The fourth-order valence-corrected chi connectivity index (χ4v) is 1.85. The molecule has 0 radical (unpaired) electrons. The van der Waals surface area contributed by atoms with Gasteiger partial charge in [-0.1, -0.05) is 12.1 Å². The van der Waals surface area contributed by atoms with E-state index in [0.717, 1.165) is 16.8 Å². The second-order valence-electron chi connectivity index (χ2n) is 4.44. The summed E-state index contributed by atoms with van der Waals surface area (Å²) in [5, 5.41) is 5.90. The van der Waals surface area contributed by atoms with Crippen molar-refractivity contribution in [2.45, 2.75) is 13.8 Å². The van der Waals surface area contributed by atoms with Crippen LogP contribution in [0.1, 0.15) is 21.5 Å². The molecule has 0 saturated carbocycles. The quantitative estimate of drug-likeness (QED) is 0.886. The van der Waals surface area contributed by atoms with Crippen LogP contribution in [0.2, 0.25) is 0 Å². The van der Waals surface area contributed by atoms with E-state index >= 15 is 0 Å². The minimum atomic E-state index is -0.138. The second-order valence-corrected chi connectivity index (χ2v) is 4.44. The predicted molar refractivity (Wildman–Crippen MR) is 77.7 cm³/mol. The van der Waals surface area contributed by atoms with Crippen LogP contribution in [0, 0.1) is 13.8 Å². The fourth-order valence-electron chi connectivity index (χ4n) is 1.85. The molecular weight excluding hydrogens is 238 g/mol. The van der Waals surface area contributed by atoms with Crippen LogP contribution in [0.15, 0.2) is 36.7 Å². The van der Waals surface area contributed by atoms with Gasteiger partial charge in [-0.15, -0.1) is 0 Å². The molecule has 19 heavy (non-hydrogen) atoms. The van der Waals surface area contributed by atoms with Crippen LogP contribution in [-0.2, 0) is 0 Å². The molecule has 98 valence electrons. The van der Waals surface area contributed by atoms with E-state index in [-0.39, 0.29) is 5.91 Å². The minimum Gasteiger partial charge on any atom is -0.386 e. The Kier molecular flexibility index (Phi) is 3.80. The molecule has 1 aromatic heterocycles. The van der Waals surface area contributed by atoms with Gasteiger partial charge in [0.25, 0.3) is 5.91 Å². The number of aromatic nitrogens is 1. The van der Waals surface area contributed by atoms with E-state index in [0.29, 0.717) is 11.3 Å². The highest BCUT2D eigenvalue weighted by atomic mass is 16.1. The molecule has 4 heteroatoms. The average molecular weight is 255 g/mol. The largest absolute Gasteiger partial charge is 0.386 e. The summed E-state index contributed by atoms with van der Waals surface area (Å²) < 4.78 is 0. The first kappa shape index (κ1) is 13.1. The van der Waals surface area contributed by atoms with Crippen molar-refractivity contribution >= 4 is 17.3 Å². The smallest absolute Gasteiger partial charge is 0.257 e. The van der Waals surface area contributed by atoms with E-state index in [2.05, 4.69) is 15.6 Å². The molecule has 2 N–H and O–H groups in total. The molecule has 2 rings (SSSR count). The highest BCUT2D eigenvalue weighted by Gasteiger charge is 2.11. The molecule has 0 saturated heterocycles. The zero-order valence-electron chi connectivity index (χ0n) is 11.3. The Morgan fingerprint density at radius 2 is 1.95 bits per heavy atom. The van der Waals surface area contributed by atoms with Crippen molar-refractivity contribution < 1.29 is 4.79 Å². The Labute approximate surface area is 112 Å². The molecule has 1 amide bonds. The van der Waals surface area contributed by atoms with Gasteiger partial charge in [0.2, 0.25) is 0 Å². The zero-order chi connectivity index (χ0) is 13.8. The molecule has 2 aromatic rings. The van der Waals surface area contributed by atoms with Crippen molar-refractivity contribution in [1.82, 2.24) is 4.98 Å². The van der Waals surface area contributed by atoms with Crippen molar-refractivity contribution in [3.05, 3.63) is 53.3 Å². The van der Waals surface area contributed by atoms with Gasteiger partial charge in [-0.25, -0.2) is 0 Å². The summed E-state index contributed by atoms with van der Waals surface area (Å²) in [6.07, 6.45) is 3.25. The third-order valence-electron chi connectivity index (χ3n) is 2.98. The van der Waals surface area contributed by atoms with Crippen molar-refractivity contribution in [2.75, 3.05) is 17.7 Å². The first-order chi connectivity index (χ1) is 9.11. The number of carbonyl (C=O) groups excluding carboxylic acids is 1. The van der Waals surface area contributed by atoms with Crippen molar-refractivity contribution in [3.63, 3.8) is 0 Å². The third-order valence-corrected chi connectivity index (χ3v) is 2.98. The topological polar surface area (TPSA) is 54.0 Å². The molecule has 0 bridgehead atoms. The number of amides is 1. The van der Waals surface area contributed by atoms with E-state index in [4.69, 9.17) is 0 Å². The van der Waals surface area contributed by atoms with Crippen LogP contribution in [0.5, 0.6) is 0 Å². The number of benzene rings is 1. The standard InChI is InChI=1S/C15H17N3O/c1-10-4-5-11(2)13(8-10)18-15(19)12-6-7-17-9-14(12)16-3/h4-9,16H,1-3H3,(H,18,19). The summed E-state index contributed by atoms with van der Waals surface area (Å²) in [5.41, 5.74) is 4.29. The van der Waals surface area contributed by atoms with Gasteiger partial charge in [-0.3, -0.25) is 9.78 Å². The second kappa shape index (κ2) is 5.52. The number of hydrogen-bond acceptors (Lipinski definition) is 3. The summed E-state index contributed by atoms with van der Waals surface area (Å²) in [7, 11) is 1.77. The van der Waals surface area contributed by atoms with Crippen molar-refractivity contribution in [1.29, 1.82) is 0 Å². The summed E-state index contributed by atoms with van der Waals surface area (Å²) in [4.78, 5) is 16.3. The van der Waals surface area contributed by atoms with E-state index < -0.39 is 0 Å². The van der Waals surface area contributed by atoms with Gasteiger partial charge >= 0.3 is 0 Å². The van der Waals surface area contributed by atoms with E-state index in [1.165, 1.54) is 0 Å². The number of nitrogens with one attached hydrogen (secondary N) is 2. The lowest BCUT2D eigenvalue weighted by molar-refractivity contribution is 0.102. The van der Waals surface area contributed by atoms with Crippen LogP contribution in [0.25, 0.3) is 0 Å². The molecule has 0 fully saturated rings. The Balaban J connectivity index is 2.28. The van der Waals surface area contributed by atoms with Crippen molar-refractivity contribution in [2.24, 2.45) is 0 Å². The number of aryl methyl sites for hydroxylation is 2. The number of carbonyl (C=O) groups is 1. The van der Waals surface area contributed by atoms with Gasteiger partial charge < -0.3 is 10.6 Å². The lowest BCUT2D eigenvalue weighted by Crippen LogP contribution is -2.15. The summed E-state index contributed by atoms with van der Waals surface area (Å²) in [6.45, 7) is 3.97. The van der Waals surface area contributed by atoms with Gasteiger partial charge in [0.15, 0.2) is 0 Å². The molecule has 0 atom stereocenters. The lowest BCUT2D eigenvalue weighted by atomic mass is 10.1. The van der Waals surface area contributed by atoms with Crippen LogP contribution in [-0.4, -0.2) is 17.9 Å². The number of anilines is 2. The van der Waals surface area contributed by atoms with Gasteiger partial charge in [0, 0.05) is 18.9 Å². The van der Waals surface area contributed by atoms with Gasteiger partial charge in [-0.2, -0.15) is 0 Å². The van der Waals surface area contributed by atoms with E-state index in [9.17, 15) is 4.79 Å². The molecule has 0 spiro atoms. The van der Waals surface area contributed by atoms with Gasteiger partial charge in [0.1, 0.15) is 0 Å². The maximum atomic E-state index is 12.3. The summed E-state index contributed by atoms with van der Waals surface area (Å²) in [6, 6.07) is 7.69. The lowest BCUT2D eigenvalue weighted by Gasteiger charge is -2.11. The summed E-state index contributed by atoms with van der Waals surface area (Å²) in [5.74, 6) is -0.138. The van der Waals surface area contributed by atoms with E-state index in [1.807, 2.05) is 32.0 Å². The maximum absolute atomic E-state index is 12.3. The minimum absolute atomic E-state index is 0.138. The highest BCUT2D eigenvalue weighted by molar-refractivity contribution is 6.08. The molecular formula is C15H17N3O. The van der Waals surface area contributed by atoms with Gasteiger partial charge in [-0.05, 0) is 37.1 Å². The number of hydrogen-bond donors (Lipinski definition) is 2.